The molecule has 130 valence electrons. The number of rotatable bonds is 15. The van der Waals surface area contributed by atoms with Crippen LogP contribution in [0.2, 0.25) is 0 Å². The molecular weight excluding hydrogens is 296 g/mol. The van der Waals surface area contributed by atoms with Gasteiger partial charge in [-0.3, -0.25) is 4.79 Å². The topological polar surface area (TPSA) is 46.5 Å². The van der Waals surface area contributed by atoms with Gasteiger partial charge in [-0.1, -0.05) is 64.7 Å². The van der Waals surface area contributed by atoms with E-state index >= 15 is 0 Å². The summed E-state index contributed by atoms with van der Waals surface area (Å²) in [6.45, 7) is 4.27. The molecule has 0 heterocycles. The summed E-state index contributed by atoms with van der Waals surface area (Å²) in [6, 6.07) is 0. The Bertz CT molecular complexity index is 292. The van der Waals surface area contributed by atoms with Gasteiger partial charge in [-0.25, -0.2) is 0 Å². The van der Waals surface area contributed by atoms with E-state index in [-0.39, 0.29) is 12.5 Å². The molecule has 4 heteroatoms. The third-order valence-electron chi connectivity index (χ3n) is 3.84. The van der Waals surface area contributed by atoms with Crippen molar-refractivity contribution in [1.82, 2.24) is 0 Å². The minimum absolute atomic E-state index is 0.0593. The molecule has 0 aliphatic carbocycles. The van der Waals surface area contributed by atoms with Crippen molar-refractivity contribution >= 4 is 23.2 Å². The zero-order valence-electron chi connectivity index (χ0n) is 14.4. The van der Waals surface area contributed by atoms with Crippen molar-refractivity contribution in [2.45, 2.75) is 103 Å². The van der Waals surface area contributed by atoms with Gasteiger partial charge in [0.15, 0.2) is 5.05 Å². The van der Waals surface area contributed by atoms with Crippen LogP contribution in [0.15, 0.2) is 0 Å². The maximum atomic E-state index is 10.4. The Morgan fingerprint density at radius 2 is 1.45 bits per heavy atom. The fraction of sp³-hybridized carbons (Fsp3) is 0.889. The van der Waals surface area contributed by atoms with Gasteiger partial charge in [0.1, 0.15) is 0 Å². The van der Waals surface area contributed by atoms with Crippen LogP contribution in [-0.4, -0.2) is 22.2 Å². The third kappa shape index (κ3) is 15.7. The Kier molecular flexibility index (Phi) is 14.8. The summed E-state index contributed by atoms with van der Waals surface area (Å²) in [4.78, 5) is 10.4. The van der Waals surface area contributed by atoms with Gasteiger partial charge in [-0.2, -0.15) is 0 Å². The number of unbranched alkanes of at least 4 members (excludes halogenated alkanes) is 9. The first-order valence-corrected chi connectivity index (χ1v) is 9.38. The first kappa shape index (κ1) is 21.4. The number of carbonyl (C=O) groups is 1. The summed E-state index contributed by atoms with van der Waals surface area (Å²) in [5.74, 6) is -0.826. The van der Waals surface area contributed by atoms with Crippen LogP contribution in [0.4, 0.5) is 0 Å². The molecule has 22 heavy (non-hydrogen) atoms. The first-order valence-electron chi connectivity index (χ1n) is 8.97. The Labute approximate surface area is 141 Å². The highest BCUT2D eigenvalue weighted by molar-refractivity contribution is 7.80. The Morgan fingerprint density at radius 3 is 1.95 bits per heavy atom. The van der Waals surface area contributed by atoms with Crippen molar-refractivity contribution in [1.29, 1.82) is 0 Å². The van der Waals surface area contributed by atoms with Gasteiger partial charge in [-0.15, -0.1) is 0 Å². The van der Waals surface area contributed by atoms with E-state index in [9.17, 15) is 4.79 Å². The van der Waals surface area contributed by atoms with E-state index < -0.39 is 5.97 Å². The van der Waals surface area contributed by atoms with Crippen molar-refractivity contribution in [2.75, 3.05) is 0 Å². The molecule has 0 spiro atoms. The van der Waals surface area contributed by atoms with Crippen LogP contribution in [0.3, 0.4) is 0 Å². The smallest absolute Gasteiger partial charge is 0.303 e. The van der Waals surface area contributed by atoms with Crippen molar-refractivity contribution in [3.8, 4) is 0 Å². The predicted molar refractivity (Wildman–Crippen MR) is 96.5 cm³/mol. The van der Waals surface area contributed by atoms with Crippen LogP contribution in [-0.2, 0) is 9.53 Å². The average Bonchev–Trinajstić information content (AvgIpc) is 2.47. The van der Waals surface area contributed by atoms with Gasteiger partial charge >= 0.3 is 5.97 Å². The SMILES string of the molecule is CCCCCCCCCCCCC(C)OC(=S)CCC(=O)O. The number of aliphatic carboxylic acids is 1. The van der Waals surface area contributed by atoms with Crippen LogP contribution >= 0.6 is 12.2 Å². The number of hydrogen-bond donors (Lipinski definition) is 1. The van der Waals surface area contributed by atoms with Crippen LogP contribution in [0.25, 0.3) is 0 Å². The van der Waals surface area contributed by atoms with E-state index in [1.54, 1.807) is 0 Å². The fourth-order valence-electron chi connectivity index (χ4n) is 2.47. The van der Waals surface area contributed by atoms with Crippen LogP contribution in [0.5, 0.6) is 0 Å². The van der Waals surface area contributed by atoms with Gasteiger partial charge in [-0.05, 0) is 32.0 Å². The molecule has 0 bridgehead atoms. The molecule has 0 aromatic heterocycles. The Balaban J connectivity index is 3.32. The number of carboxylic acids is 1. The Morgan fingerprint density at radius 1 is 0.955 bits per heavy atom. The zero-order chi connectivity index (χ0) is 16.6. The second-order valence-corrected chi connectivity index (χ2v) is 6.62. The summed E-state index contributed by atoms with van der Waals surface area (Å²) in [7, 11) is 0. The number of thiocarbonyl (C=S) groups is 1. The highest BCUT2D eigenvalue weighted by Crippen LogP contribution is 2.13. The molecule has 0 radical (unpaired) electrons. The summed E-state index contributed by atoms with van der Waals surface area (Å²) >= 11 is 5.04. The van der Waals surface area contributed by atoms with Crippen molar-refractivity contribution in [2.24, 2.45) is 0 Å². The number of hydrogen-bond acceptors (Lipinski definition) is 3. The third-order valence-corrected chi connectivity index (χ3v) is 4.14. The van der Waals surface area contributed by atoms with E-state index in [1.165, 1.54) is 64.2 Å². The van der Waals surface area contributed by atoms with Crippen LogP contribution in [0.1, 0.15) is 97.3 Å². The lowest BCUT2D eigenvalue weighted by atomic mass is 10.0. The minimum atomic E-state index is -0.826. The van der Waals surface area contributed by atoms with Gasteiger partial charge in [0.05, 0.1) is 12.5 Å². The highest BCUT2D eigenvalue weighted by Gasteiger charge is 2.08. The van der Waals surface area contributed by atoms with Crippen molar-refractivity contribution in [3.63, 3.8) is 0 Å². The lowest BCUT2D eigenvalue weighted by Gasteiger charge is -2.14. The quantitative estimate of drug-likeness (QED) is 0.300. The van der Waals surface area contributed by atoms with Gasteiger partial charge in [0.2, 0.25) is 0 Å². The molecule has 1 unspecified atom stereocenters. The van der Waals surface area contributed by atoms with Gasteiger partial charge in [0, 0.05) is 6.42 Å². The molecule has 0 fully saturated rings. The summed E-state index contributed by atoms with van der Waals surface area (Å²) in [5.41, 5.74) is 0. The van der Waals surface area contributed by atoms with E-state index in [0.717, 1.165) is 6.42 Å². The normalized spacial score (nSPS) is 12.1. The molecule has 1 N–H and O–H groups in total. The van der Waals surface area contributed by atoms with Crippen LogP contribution < -0.4 is 0 Å². The van der Waals surface area contributed by atoms with Crippen molar-refractivity contribution in [3.05, 3.63) is 0 Å². The monoisotopic (exact) mass is 330 g/mol. The second kappa shape index (κ2) is 15.3. The maximum absolute atomic E-state index is 10.4. The first-order chi connectivity index (χ1) is 10.6. The molecule has 1 atom stereocenters. The average molecular weight is 331 g/mol. The second-order valence-electron chi connectivity index (χ2n) is 6.16. The summed E-state index contributed by atoms with van der Waals surface area (Å²) in [5, 5.41) is 9.02. The molecule has 0 aliphatic heterocycles. The lowest BCUT2D eigenvalue weighted by molar-refractivity contribution is -0.136. The molecule has 3 nitrogen and oxygen atoms in total. The number of ether oxygens (including phenoxy) is 1. The largest absolute Gasteiger partial charge is 0.484 e. The molecule has 0 rings (SSSR count). The molecule has 0 aromatic rings. The van der Waals surface area contributed by atoms with Crippen LogP contribution in [0, 0.1) is 0 Å². The van der Waals surface area contributed by atoms with E-state index in [4.69, 9.17) is 22.1 Å². The highest BCUT2D eigenvalue weighted by atomic mass is 32.1. The van der Waals surface area contributed by atoms with Crippen molar-refractivity contribution < 1.29 is 14.6 Å². The zero-order valence-corrected chi connectivity index (χ0v) is 15.3. The van der Waals surface area contributed by atoms with E-state index in [1.807, 2.05) is 6.92 Å². The number of carboxylic acid groups (broad SMARTS) is 1. The maximum Gasteiger partial charge on any atom is 0.303 e. The fourth-order valence-corrected chi connectivity index (χ4v) is 2.74. The molecule has 0 saturated carbocycles. The molecule has 0 amide bonds. The lowest BCUT2D eigenvalue weighted by Crippen LogP contribution is -2.14. The molecule has 0 saturated heterocycles. The van der Waals surface area contributed by atoms with E-state index in [2.05, 4.69) is 6.92 Å². The predicted octanol–water partition coefficient (Wildman–Crippen LogP) is 5.89. The van der Waals surface area contributed by atoms with Gasteiger partial charge < -0.3 is 9.84 Å². The molecule has 0 aliphatic rings. The Hall–Kier alpha value is -0.640. The summed E-state index contributed by atoms with van der Waals surface area (Å²) < 4.78 is 5.55. The van der Waals surface area contributed by atoms with E-state index in [0.29, 0.717) is 11.5 Å². The minimum Gasteiger partial charge on any atom is -0.484 e. The summed E-state index contributed by atoms with van der Waals surface area (Å²) in [6.07, 6.45) is 14.8. The molecule has 0 aromatic carbocycles. The van der Waals surface area contributed by atoms with Gasteiger partial charge in [0.25, 0.3) is 0 Å². The standard InChI is InChI=1S/C18H34O3S/c1-3-4-5-6-7-8-9-10-11-12-13-16(2)21-18(22)15-14-17(19)20/h16H,3-15H2,1-2H3,(H,19,20). The molecular formula is C18H34O3S.